The molecule has 4 fully saturated rings. The maximum absolute atomic E-state index is 13.0. The summed E-state index contributed by atoms with van der Waals surface area (Å²) >= 11 is 0. The van der Waals surface area contributed by atoms with Crippen LogP contribution in [0.2, 0.25) is 0 Å². The molecule has 9 aliphatic rings. The highest BCUT2D eigenvalue weighted by molar-refractivity contribution is 6.11. The molecular weight excluding hydrogens is 1730 g/mol. The number of aryl methyl sites for hydroxylation is 3. The fourth-order valence-corrected chi connectivity index (χ4v) is 18.9. The van der Waals surface area contributed by atoms with E-state index in [0.29, 0.717) is 148 Å². The third-order valence-electron chi connectivity index (χ3n) is 26.3. The predicted molar refractivity (Wildman–Crippen MR) is 495 cm³/mol. The van der Waals surface area contributed by atoms with Gasteiger partial charge in [0.05, 0.1) is 93.7 Å². The quantitative estimate of drug-likeness (QED) is 0.0486. The number of imidazole rings is 2. The van der Waals surface area contributed by atoms with Crippen molar-refractivity contribution in [3.8, 4) is 23.0 Å². The molecule has 0 spiro atoms. The molecule has 20 rings (SSSR count). The molecule has 8 aromatic carbocycles. The molecule has 4 atom stereocenters. The highest BCUT2D eigenvalue weighted by atomic mass is 16.5. The fourth-order valence-electron chi connectivity index (χ4n) is 18.9. The monoisotopic (exact) mass is 1840 g/mol. The van der Waals surface area contributed by atoms with Crippen LogP contribution in [0.4, 0.5) is 0 Å². The smallest absolute Gasteiger partial charge is 0.290 e. The number of rotatable bonds is 22. The number of aromatic nitrogens is 6. The van der Waals surface area contributed by atoms with Crippen molar-refractivity contribution in [2.45, 2.75) is 240 Å². The molecular formula is C106H107N11O19. The summed E-state index contributed by atoms with van der Waals surface area (Å²) in [7, 11) is 0. The van der Waals surface area contributed by atoms with Crippen LogP contribution >= 0.6 is 0 Å². The summed E-state index contributed by atoms with van der Waals surface area (Å²) in [6.45, 7) is 21.0. The van der Waals surface area contributed by atoms with Gasteiger partial charge in [-0.1, -0.05) is 142 Å². The van der Waals surface area contributed by atoms with Gasteiger partial charge in [0.25, 0.3) is 36.0 Å². The standard InChI is InChI=1S/C30H28N2O4.C29H31N3O4.C28H29N3O4.C18H17N3O5.CH2O2/c33-24-12-13-27(28(34)14-24)32-18-26-25(30(32)35)6-3-7-29(26)36-19-21-10-8-20(9-11-21)15-31-16-22-4-1-2-5-23(22)17-31;1-29(2,3)27-16-31(18-30-27)14-19-7-9-20(10-8-19)17-36-26-6-4-5-22-23(26)15-32(28(22)35)24-12-11-21(33)13-25(24)34;1-17-18(2)30(19(3)29-17)14-20-7-9-21(10-8-20)16-35-27-6-4-5-23-24(27)15-31(28(23)34)25-12-11-22(32)13-26(25)33;1-10-19-20-17(26-10)9-25-16-4-2-3-12-13(16)8-21(18(12)24)14-6-5-11(22)7-15(14)23;2-1-3/h1-11,27H,12-19H2;4-10,16,18,24H,11-15,17H2,1-3H3;4-10,25H,11-16H2,1-3H3;2-4,14H,5-9H2,1H3;1H,(H,2,3). The van der Waals surface area contributed by atoms with Crippen LogP contribution in [0, 0.1) is 27.7 Å². The molecule has 30 heteroatoms. The summed E-state index contributed by atoms with van der Waals surface area (Å²) in [4.78, 5) is 174. The minimum atomic E-state index is -0.543. The van der Waals surface area contributed by atoms with Gasteiger partial charge in [-0.05, 0) is 139 Å². The first-order valence-corrected chi connectivity index (χ1v) is 45.8. The lowest BCUT2D eigenvalue weighted by atomic mass is 9.92. The van der Waals surface area contributed by atoms with Crippen LogP contribution < -0.4 is 18.9 Å². The molecule has 0 saturated heterocycles. The number of ketones is 8. The Morgan fingerprint density at radius 2 is 0.735 bits per heavy atom. The van der Waals surface area contributed by atoms with Crippen LogP contribution in [0.1, 0.15) is 241 Å². The van der Waals surface area contributed by atoms with Crippen molar-refractivity contribution in [2.24, 2.45) is 0 Å². The summed E-state index contributed by atoms with van der Waals surface area (Å²) < 4.78 is 33.8. The van der Waals surface area contributed by atoms with E-state index in [1.165, 1.54) is 33.5 Å². The van der Waals surface area contributed by atoms with Crippen molar-refractivity contribution in [3.05, 3.63) is 306 Å². The molecule has 4 unspecified atom stereocenters. The molecule has 3 aromatic heterocycles. The highest BCUT2D eigenvalue weighted by Crippen LogP contribution is 2.41. The van der Waals surface area contributed by atoms with E-state index in [0.717, 1.165) is 88.9 Å². The third kappa shape index (κ3) is 21.5. The number of amides is 4. The number of carbonyl (C=O) groups is 13. The summed E-state index contributed by atoms with van der Waals surface area (Å²) in [6, 6.07) is 53.2. The zero-order valence-electron chi connectivity index (χ0n) is 77.1. The predicted octanol–water partition coefficient (Wildman–Crippen LogP) is 14.3. The van der Waals surface area contributed by atoms with E-state index in [1.807, 2.05) is 56.6 Å². The number of hydrogen-bond acceptors (Lipinski definition) is 23. The lowest BCUT2D eigenvalue weighted by Gasteiger charge is -2.29. The van der Waals surface area contributed by atoms with Crippen LogP contribution in [0.25, 0.3) is 0 Å². The Labute approximate surface area is 786 Å². The Balaban J connectivity index is 0.000000131. The van der Waals surface area contributed by atoms with Crippen molar-refractivity contribution in [1.29, 1.82) is 0 Å². The van der Waals surface area contributed by atoms with Crippen molar-refractivity contribution in [3.63, 3.8) is 0 Å². The molecule has 8 heterocycles. The number of benzene rings is 8. The summed E-state index contributed by atoms with van der Waals surface area (Å²) in [6.07, 6.45) is 6.59. The second kappa shape index (κ2) is 41.4. The van der Waals surface area contributed by atoms with Crippen molar-refractivity contribution < 1.29 is 90.8 Å². The van der Waals surface area contributed by atoms with E-state index in [2.05, 4.69) is 165 Å². The SMILES string of the molecule is CC(C)(C)c1cn(Cc2ccc(COc3cccc4c3CN(C3CCC(=O)CC3=O)C4=O)cc2)cn1.Cc1nc(C)n(Cc2ccc(COc3cccc4c3CN(C3CCC(=O)CC3=O)C4=O)cc2)c1C.Cc1nnc(COc2cccc3c2CN(C2CCC(=O)CC2=O)C3=O)o1.O=C1CCC(N2Cc3c(OCc4ccc(CN5Cc6ccccc6C5)cc4)cccc3C2=O)C(=O)C1.O=CO. The molecule has 700 valence electrons. The van der Waals surface area contributed by atoms with Gasteiger partial charge >= 0.3 is 0 Å². The molecule has 0 bridgehead atoms. The van der Waals surface area contributed by atoms with Crippen molar-refractivity contribution in [2.75, 3.05) is 0 Å². The fraction of sp³-hybridized carbons (Fsp3) is 0.349. The van der Waals surface area contributed by atoms with Gasteiger partial charge in [0.1, 0.15) is 71.8 Å². The molecule has 4 saturated carbocycles. The van der Waals surface area contributed by atoms with E-state index in [9.17, 15) is 57.5 Å². The number of carboxylic acid groups (broad SMARTS) is 1. The van der Waals surface area contributed by atoms with Gasteiger partial charge in [-0.15, -0.1) is 10.2 Å². The van der Waals surface area contributed by atoms with Crippen LogP contribution in [0.15, 0.2) is 187 Å². The normalized spacial score (nSPS) is 18.4. The Hall–Kier alpha value is -14.8. The van der Waals surface area contributed by atoms with E-state index in [-0.39, 0.29) is 121 Å². The van der Waals surface area contributed by atoms with Crippen molar-refractivity contribution in [1.82, 2.24) is 53.8 Å². The van der Waals surface area contributed by atoms with E-state index < -0.39 is 24.2 Å². The maximum Gasteiger partial charge on any atom is 0.290 e. The Morgan fingerprint density at radius 1 is 0.404 bits per heavy atom. The van der Waals surface area contributed by atoms with E-state index in [4.69, 9.17) is 33.3 Å². The van der Waals surface area contributed by atoms with Crippen LogP contribution in [-0.2, 0) is 134 Å². The van der Waals surface area contributed by atoms with Crippen LogP contribution in [0.3, 0.4) is 0 Å². The van der Waals surface area contributed by atoms with Gasteiger partial charge in [-0.3, -0.25) is 67.2 Å². The zero-order chi connectivity index (χ0) is 95.8. The molecule has 136 heavy (non-hydrogen) atoms. The molecule has 5 aliphatic heterocycles. The van der Waals surface area contributed by atoms with E-state index in [1.54, 1.807) is 62.9 Å². The summed E-state index contributed by atoms with van der Waals surface area (Å²) in [5.74, 6) is 2.78. The number of Topliss-reactive ketones (excluding diaryl/α,β-unsaturated/α-hetero) is 8. The molecule has 1 N–H and O–H groups in total. The number of carbonyl (C=O) groups excluding carboxylic acids is 12. The average molecular weight is 1840 g/mol. The first kappa shape index (κ1) is 94.4. The van der Waals surface area contributed by atoms with Crippen LogP contribution in [-0.4, -0.2) is 159 Å². The Morgan fingerprint density at radius 3 is 1.04 bits per heavy atom. The second-order valence-electron chi connectivity index (χ2n) is 36.7. The Bertz CT molecular complexity index is 6460. The minimum Gasteiger partial charge on any atom is -0.489 e. The molecule has 4 amide bonds. The van der Waals surface area contributed by atoms with Crippen LogP contribution in [0.5, 0.6) is 23.0 Å². The average Bonchev–Trinajstić information content (AvgIpc) is 1.63. The van der Waals surface area contributed by atoms with Gasteiger partial charge in [-0.25, -0.2) is 9.97 Å². The van der Waals surface area contributed by atoms with Gasteiger partial charge in [0.2, 0.25) is 5.89 Å². The van der Waals surface area contributed by atoms with Gasteiger partial charge in [-0.2, -0.15) is 0 Å². The first-order chi connectivity index (χ1) is 65.5. The number of hydrogen-bond donors (Lipinski definition) is 1. The topological polar surface area (TPSA) is 370 Å². The summed E-state index contributed by atoms with van der Waals surface area (Å²) in [5.41, 5.74) is 18.3. The zero-order valence-corrected chi connectivity index (χ0v) is 77.1. The highest BCUT2D eigenvalue weighted by Gasteiger charge is 2.45. The lowest BCUT2D eigenvalue weighted by molar-refractivity contribution is -0.134. The van der Waals surface area contributed by atoms with Crippen molar-refractivity contribution >= 4 is 76.4 Å². The number of nitrogens with zero attached hydrogens (tertiary/aromatic N) is 11. The lowest BCUT2D eigenvalue weighted by Crippen LogP contribution is -2.44. The van der Waals surface area contributed by atoms with E-state index >= 15 is 0 Å². The Kier molecular flexibility index (Phi) is 28.7. The van der Waals surface area contributed by atoms with Gasteiger partial charge < -0.3 is 57.2 Å². The third-order valence-corrected chi connectivity index (χ3v) is 26.3. The van der Waals surface area contributed by atoms with Gasteiger partial charge in [0.15, 0.2) is 29.7 Å². The largest absolute Gasteiger partial charge is 0.489 e. The number of ether oxygens (including phenoxy) is 4. The molecule has 30 nitrogen and oxygen atoms in total. The summed E-state index contributed by atoms with van der Waals surface area (Å²) in [5, 5.41) is 14.5. The second-order valence-corrected chi connectivity index (χ2v) is 36.7. The first-order valence-electron chi connectivity index (χ1n) is 45.8. The maximum atomic E-state index is 13.0. The van der Waals surface area contributed by atoms with Gasteiger partial charge in [0, 0.05) is 127 Å². The minimum absolute atomic E-state index is 0.0245. The molecule has 4 aliphatic carbocycles. The molecule has 0 radical (unpaired) electrons. The molecule has 11 aromatic rings. The number of fused-ring (bicyclic) bond motifs is 5.